The Bertz CT molecular complexity index is 416. The fourth-order valence-corrected chi connectivity index (χ4v) is 1.50. The van der Waals surface area contributed by atoms with Crippen LogP contribution in [0.15, 0.2) is 29.2 Å². The second kappa shape index (κ2) is 12.5. The average Bonchev–Trinajstić information content (AvgIpc) is 2.47. The maximum atomic E-state index is 11.5. The summed E-state index contributed by atoms with van der Waals surface area (Å²) in [5.41, 5.74) is 2.70. The molecule has 0 fully saturated rings. The van der Waals surface area contributed by atoms with Gasteiger partial charge in [0.2, 0.25) is 0 Å². The van der Waals surface area contributed by atoms with Gasteiger partial charge in [0.25, 0.3) is 0 Å². The Morgan fingerprint density at radius 1 is 1.18 bits per heavy atom. The average molecular weight is 352 g/mol. The lowest BCUT2D eigenvalue weighted by molar-refractivity contribution is -0.0622. The Morgan fingerprint density at radius 3 is 1.95 bits per heavy atom. The maximum Gasteiger partial charge on any atom is 0.345 e. The number of nitrogens with one attached hydrogen (secondary N) is 2. The summed E-state index contributed by atoms with van der Waals surface area (Å²) < 4.78 is 0. The Morgan fingerprint density at radius 2 is 1.64 bits per heavy atom. The topological polar surface area (TPSA) is 84.8 Å². The van der Waals surface area contributed by atoms with Crippen LogP contribution in [0.5, 0.6) is 0 Å². The fraction of sp³-hybridized carbons (Fsp3) is 0.500. The third kappa shape index (κ3) is 9.86. The summed E-state index contributed by atoms with van der Waals surface area (Å²) in [4.78, 5) is 12.6. The number of rotatable bonds is 4. The van der Waals surface area contributed by atoms with Crippen LogP contribution in [0, 0.1) is 0 Å². The molecule has 1 rings (SSSR count). The van der Waals surface area contributed by atoms with Gasteiger partial charge in [-0.05, 0) is 58.2 Å². The predicted octanol–water partition coefficient (Wildman–Crippen LogP) is 3.84. The van der Waals surface area contributed by atoms with E-state index >= 15 is 0 Å². The van der Waals surface area contributed by atoms with E-state index in [2.05, 4.69) is 5.32 Å². The Labute approximate surface area is 142 Å². The molecule has 0 heterocycles. The van der Waals surface area contributed by atoms with Gasteiger partial charge in [0.15, 0.2) is 0 Å². The number of nitrogens with zero attached hydrogens (tertiary/aromatic N) is 1. The number of hydrogen-bond acceptors (Lipinski definition) is 5. The summed E-state index contributed by atoms with van der Waals surface area (Å²) in [5, 5.41) is 20.5. The van der Waals surface area contributed by atoms with Crippen LogP contribution < -0.4 is 10.8 Å². The lowest BCUT2D eigenvalue weighted by Gasteiger charge is -2.19. The first-order valence-electron chi connectivity index (χ1n) is 6.64. The molecule has 0 aliphatic rings. The van der Waals surface area contributed by atoms with Gasteiger partial charge in [0.1, 0.15) is 0 Å². The normalized spacial score (nSPS) is 9.68. The number of benzene rings is 1. The number of urea groups is 1. The lowest BCUT2D eigenvalue weighted by atomic mass is 10.3. The molecule has 0 spiro atoms. The van der Waals surface area contributed by atoms with Crippen LogP contribution in [-0.4, -0.2) is 39.8 Å². The number of carbonyl (C=O) groups is 1. The molecule has 0 bridgehead atoms. The highest BCUT2D eigenvalue weighted by molar-refractivity contribution is 7.98. The van der Waals surface area contributed by atoms with Crippen molar-refractivity contribution in [1.29, 1.82) is 0 Å². The summed E-state index contributed by atoms with van der Waals surface area (Å²) in [6.45, 7) is 7.19. The number of halogens is 1. The number of hydrogen-bond donors (Lipinski definition) is 4. The third-order valence-corrected chi connectivity index (χ3v) is 3.04. The number of carbonyl (C=O) groups excluding carboxylic acids is 1. The zero-order chi connectivity index (χ0) is 16.4. The Balaban J connectivity index is 0. The molecule has 4 N–H and O–H groups in total. The van der Waals surface area contributed by atoms with Crippen molar-refractivity contribution < 1.29 is 15.2 Å². The van der Waals surface area contributed by atoms with Crippen LogP contribution in [-0.2, 0) is 0 Å². The molecule has 1 aromatic rings. The Kier molecular flexibility index (Phi) is 13.3. The van der Waals surface area contributed by atoms with Crippen LogP contribution in [0.1, 0.15) is 27.7 Å². The van der Waals surface area contributed by atoms with Crippen molar-refractivity contribution in [3.8, 4) is 0 Å². The van der Waals surface area contributed by atoms with Gasteiger partial charge in [-0.2, -0.15) is 0 Å². The largest absolute Gasteiger partial charge is 0.345 e. The summed E-state index contributed by atoms with van der Waals surface area (Å²) in [6.07, 6.45) is 1.99. The molecule has 0 aliphatic heterocycles. The molecular weight excluding hydrogens is 326 g/mol. The van der Waals surface area contributed by atoms with Crippen LogP contribution in [0.2, 0.25) is 0 Å². The predicted molar refractivity (Wildman–Crippen MR) is 93.3 cm³/mol. The van der Waals surface area contributed by atoms with Gasteiger partial charge < -0.3 is 10.5 Å². The molecule has 8 heteroatoms. The highest BCUT2D eigenvalue weighted by Crippen LogP contribution is 2.17. The molecular formula is C14H26ClN3O3S. The van der Waals surface area contributed by atoms with Gasteiger partial charge in [-0.1, -0.05) is 0 Å². The molecule has 0 saturated heterocycles. The molecule has 0 aliphatic carbocycles. The van der Waals surface area contributed by atoms with Gasteiger partial charge in [0, 0.05) is 16.6 Å². The van der Waals surface area contributed by atoms with Gasteiger partial charge in [-0.15, -0.1) is 24.2 Å². The molecule has 6 nitrogen and oxygen atoms in total. The monoisotopic (exact) mass is 351 g/mol. The highest BCUT2D eigenvalue weighted by Gasteiger charge is 2.13. The van der Waals surface area contributed by atoms with E-state index < -0.39 is 6.03 Å². The first-order valence-corrected chi connectivity index (χ1v) is 7.87. The van der Waals surface area contributed by atoms with E-state index in [0.29, 0.717) is 10.8 Å². The van der Waals surface area contributed by atoms with E-state index in [1.165, 1.54) is 0 Å². The van der Waals surface area contributed by atoms with E-state index in [9.17, 15) is 10.0 Å². The minimum absolute atomic E-state index is 0. The van der Waals surface area contributed by atoms with Crippen LogP contribution >= 0.6 is 24.2 Å². The maximum absolute atomic E-state index is 11.5. The second-order valence-electron chi connectivity index (χ2n) is 4.88. The van der Waals surface area contributed by atoms with Crippen molar-refractivity contribution in [3.05, 3.63) is 24.3 Å². The first-order chi connectivity index (χ1) is 9.81. The number of hydroxylamine groups is 3. The minimum Gasteiger partial charge on any atom is -0.317 e. The van der Waals surface area contributed by atoms with Crippen molar-refractivity contribution in [2.75, 3.05) is 11.6 Å². The third-order valence-electron chi connectivity index (χ3n) is 2.30. The zero-order valence-electron chi connectivity index (χ0n) is 13.5. The lowest BCUT2D eigenvalue weighted by Crippen LogP contribution is -2.37. The van der Waals surface area contributed by atoms with E-state index in [4.69, 9.17) is 5.21 Å². The van der Waals surface area contributed by atoms with Crippen molar-refractivity contribution in [2.45, 2.75) is 44.7 Å². The van der Waals surface area contributed by atoms with Crippen LogP contribution in [0.4, 0.5) is 10.5 Å². The first kappa shape index (κ1) is 23.3. The second-order valence-corrected chi connectivity index (χ2v) is 5.76. The van der Waals surface area contributed by atoms with Crippen molar-refractivity contribution in [3.63, 3.8) is 0 Å². The zero-order valence-corrected chi connectivity index (χ0v) is 15.2. The highest BCUT2D eigenvalue weighted by atomic mass is 35.5. The summed E-state index contributed by atoms with van der Waals surface area (Å²) in [7, 11) is 0. The number of amides is 2. The van der Waals surface area contributed by atoms with E-state index in [-0.39, 0.29) is 24.5 Å². The molecule has 0 unspecified atom stereocenters. The van der Waals surface area contributed by atoms with Crippen molar-refractivity contribution in [1.82, 2.24) is 10.5 Å². The molecule has 1 aromatic carbocycles. The summed E-state index contributed by atoms with van der Waals surface area (Å²) >= 11 is 1.64. The van der Waals surface area contributed by atoms with E-state index in [1.54, 1.807) is 37.7 Å². The minimum atomic E-state index is -0.521. The molecule has 0 aromatic heterocycles. The molecule has 2 amide bonds. The smallest absolute Gasteiger partial charge is 0.317 e. The van der Waals surface area contributed by atoms with Gasteiger partial charge in [0.05, 0.1) is 6.04 Å². The van der Waals surface area contributed by atoms with Crippen molar-refractivity contribution in [2.24, 2.45) is 0 Å². The standard InChI is InChI=1S/C11H16N2O2S.C3H9NO.ClH/c1-8(2)13(15)11(14)12-9-4-6-10(16-3)7-5-9;1-3(2)4-5;/h4-8,15H,1-3H3,(H,12,14);3-5H,1-2H3;1H. The number of thioether (sulfide) groups is 1. The van der Waals surface area contributed by atoms with Crippen molar-refractivity contribution >= 4 is 35.9 Å². The molecule has 0 atom stereocenters. The van der Waals surface area contributed by atoms with E-state index in [1.807, 2.05) is 37.7 Å². The van der Waals surface area contributed by atoms with Gasteiger partial charge in [-0.3, -0.25) is 5.21 Å². The molecule has 0 radical (unpaired) electrons. The quantitative estimate of drug-likeness (QED) is 0.376. The fourth-order valence-electron chi connectivity index (χ4n) is 1.09. The van der Waals surface area contributed by atoms with Gasteiger partial charge in [-0.25, -0.2) is 15.3 Å². The van der Waals surface area contributed by atoms with E-state index in [0.717, 1.165) is 4.90 Å². The van der Waals surface area contributed by atoms with Crippen LogP contribution in [0.25, 0.3) is 0 Å². The Hall–Kier alpha value is -0.990. The van der Waals surface area contributed by atoms with Crippen LogP contribution in [0.3, 0.4) is 0 Å². The summed E-state index contributed by atoms with van der Waals surface area (Å²) in [5.74, 6) is 0. The molecule has 22 heavy (non-hydrogen) atoms. The van der Waals surface area contributed by atoms with Gasteiger partial charge >= 0.3 is 6.03 Å². The number of anilines is 1. The molecule has 128 valence electrons. The SMILES string of the molecule is CC(C)NO.CSc1ccc(NC(=O)N(O)C(C)C)cc1.Cl. The molecule has 0 saturated carbocycles. The summed E-state index contributed by atoms with van der Waals surface area (Å²) in [6, 6.07) is 6.86.